The van der Waals surface area contributed by atoms with Crippen molar-refractivity contribution in [2.45, 2.75) is 51.9 Å². The molecule has 0 aliphatic heterocycles. The SMILES string of the molecule is CC[C@H]1CC[C@H](CCc2ccc3c(F)c(-c4ccc(Cl)cc4)ccc3c2)CC1. The normalized spacial score (nSPS) is 19.8. The molecule has 0 amide bonds. The van der Waals surface area contributed by atoms with Crippen LogP contribution in [0.25, 0.3) is 21.9 Å². The molecule has 0 N–H and O–H groups in total. The molecule has 2 heteroatoms. The van der Waals surface area contributed by atoms with Crippen molar-refractivity contribution in [2.24, 2.45) is 11.8 Å². The van der Waals surface area contributed by atoms with Gasteiger partial charge in [0.05, 0.1) is 0 Å². The van der Waals surface area contributed by atoms with Crippen molar-refractivity contribution >= 4 is 22.4 Å². The third-order valence-corrected chi connectivity index (χ3v) is 6.81. The minimum Gasteiger partial charge on any atom is -0.206 e. The Morgan fingerprint density at radius 3 is 2.32 bits per heavy atom. The number of hydrogen-bond donors (Lipinski definition) is 0. The Kier molecular flexibility index (Phi) is 6.01. The zero-order chi connectivity index (χ0) is 19.5. The number of rotatable bonds is 5. The summed E-state index contributed by atoms with van der Waals surface area (Å²) < 4.78 is 15.1. The first kappa shape index (κ1) is 19.5. The summed E-state index contributed by atoms with van der Waals surface area (Å²) in [4.78, 5) is 0. The van der Waals surface area contributed by atoms with E-state index in [0.29, 0.717) is 16.0 Å². The van der Waals surface area contributed by atoms with Crippen molar-refractivity contribution < 1.29 is 4.39 Å². The number of halogens is 2. The summed E-state index contributed by atoms with van der Waals surface area (Å²) in [5.41, 5.74) is 2.81. The predicted octanol–water partition coefficient (Wildman–Crippen LogP) is 8.45. The van der Waals surface area contributed by atoms with E-state index in [1.165, 1.54) is 44.1 Å². The number of hydrogen-bond acceptors (Lipinski definition) is 0. The minimum absolute atomic E-state index is 0.149. The Morgan fingerprint density at radius 1 is 0.893 bits per heavy atom. The van der Waals surface area contributed by atoms with Crippen LogP contribution in [0.5, 0.6) is 0 Å². The molecule has 3 aromatic carbocycles. The van der Waals surface area contributed by atoms with Crippen LogP contribution in [-0.4, -0.2) is 0 Å². The van der Waals surface area contributed by atoms with Gasteiger partial charge in [-0.25, -0.2) is 4.39 Å². The second kappa shape index (κ2) is 8.66. The quantitative estimate of drug-likeness (QED) is 0.407. The van der Waals surface area contributed by atoms with Gasteiger partial charge in [0.25, 0.3) is 0 Å². The summed E-state index contributed by atoms with van der Waals surface area (Å²) in [6.07, 6.45) is 9.25. The van der Waals surface area contributed by atoms with Crippen molar-refractivity contribution in [1.29, 1.82) is 0 Å². The van der Waals surface area contributed by atoms with E-state index >= 15 is 4.39 Å². The van der Waals surface area contributed by atoms with Gasteiger partial charge in [-0.1, -0.05) is 93.1 Å². The van der Waals surface area contributed by atoms with Crippen LogP contribution < -0.4 is 0 Å². The van der Waals surface area contributed by atoms with Crippen molar-refractivity contribution in [3.8, 4) is 11.1 Å². The molecule has 0 atom stereocenters. The minimum atomic E-state index is -0.149. The highest BCUT2D eigenvalue weighted by Crippen LogP contribution is 2.34. The molecule has 0 nitrogen and oxygen atoms in total. The van der Waals surface area contributed by atoms with Crippen LogP contribution in [-0.2, 0) is 6.42 Å². The van der Waals surface area contributed by atoms with Crippen molar-refractivity contribution in [1.82, 2.24) is 0 Å². The summed E-state index contributed by atoms with van der Waals surface area (Å²) >= 11 is 5.96. The average Bonchev–Trinajstić information content (AvgIpc) is 2.74. The number of fused-ring (bicyclic) bond motifs is 1. The maximum Gasteiger partial charge on any atom is 0.138 e. The fraction of sp³-hybridized carbons (Fsp3) is 0.385. The Bertz CT molecular complexity index is 937. The van der Waals surface area contributed by atoms with E-state index in [9.17, 15) is 0 Å². The second-order valence-corrected chi connectivity index (χ2v) is 8.76. The molecule has 146 valence electrons. The number of aryl methyl sites for hydroxylation is 1. The molecule has 1 fully saturated rings. The topological polar surface area (TPSA) is 0 Å². The molecule has 0 heterocycles. The van der Waals surface area contributed by atoms with E-state index < -0.39 is 0 Å². The lowest BCUT2D eigenvalue weighted by Gasteiger charge is -2.27. The maximum absolute atomic E-state index is 15.1. The Hall–Kier alpha value is -1.86. The zero-order valence-electron chi connectivity index (χ0n) is 16.6. The van der Waals surface area contributed by atoms with Crippen LogP contribution in [0.2, 0.25) is 5.02 Å². The largest absolute Gasteiger partial charge is 0.206 e. The summed E-state index contributed by atoms with van der Waals surface area (Å²) in [7, 11) is 0. The van der Waals surface area contributed by atoms with E-state index in [1.807, 2.05) is 30.3 Å². The van der Waals surface area contributed by atoms with Gasteiger partial charge in [0.1, 0.15) is 5.82 Å². The van der Waals surface area contributed by atoms with Crippen molar-refractivity contribution in [3.63, 3.8) is 0 Å². The van der Waals surface area contributed by atoms with Gasteiger partial charge in [-0.2, -0.15) is 0 Å². The maximum atomic E-state index is 15.1. The van der Waals surface area contributed by atoms with Gasteiger partial charge in [0.2, 0.25) is 0 Å². The molecule has 0 saturated heterocycles. The third kappa shape index (κ3) is 4.25. The first-order valence-electron chi connectivity index (χ1n) is 10.6. The van der Waals surface area contributed by atoms with Crippen LogP contribution in [0, 0.1) is 17.7 Å². The third-order valence-electron chi connectivity index (χ3n) is 6.56. The molecule has 3 aromatic rings. The second-order valence-electron chi connectivity index (χ2n) is 8.32. The molecule has 1 aliphatic rings. The van der Waals surface area contributed by atoms with Gasteiger partial charge >= 0.3 is 0 Å². The molecule has 1 saturated carbocycles. The average molecular weight is 395 g/mol. The molecule has 28 heavy (non-hydrogen) atoms. The zero-order valence-corrected chi connectivity index (χ0v) is 17.3. The van der Waals surface area contributed by atoms with Gasteiger partial charge in [0.15, 0.2) is 0 Å². The lowest BCUT2D eigenvalue weighted by atomic mass is 9.78. The fourth-order valence-electron chi connectivity index (χ4n) is 4.65. The highest BCUT2D eigenvalue weighted by Gasteiger charge is 2.19. The van der Waals surface area contributed by atoms with Crippen LogP contribution in [0.1, 0.15) is 51.0 Å². The van der Waals surface area contributed by atoms with E-state index in [1.54, 1.807) is 12.1 Å². The van der Waals surface area contributed by atoms with Crippen molar-refractivity contribution in [2.75, 3.05) is 0 Å². The Labute approximate surface area is 172 Å². The Morgan fingerprint density at radius 2 is 1.61 bits per heavy atom. The van der Waals surface area contributed by atoms with Crippen molar-refractivity contribution in [3.05, 3.63) is 71.0 Å². The number of benzene rings is 3. The summed E-state index contributed by atoms with van der Waals surface area (Å²) in [6, 6.07) is 17.5. The molecule has 0 radical (unpaired) electrons. The standard InChI is InChI=1S/C26H28ClF/c1-2-18-3-5-19(6-4-18)7-8-20-9-15-25-22(17-20)12-16-24(26(25)28)21-10-13-23(27)14-11-21/h9-19H,2-8H2,1H3/t18-,19-. The molecule has 1 aliphatic carbocycles. The summed E-state index contributed by atoms with van der Waals surface area (Å²) in [5.74, 6) is 1.67. The van der Waals surface area contributed by atoms with Gasteiger partial charge in [-0.05, 0) is 53.3 Å². The molecular weight excluding hydrogens is 367 g/mol. The highest BCUT2D eigenvalue weighted by molar-refractivity contribution is 6.30. The monoisotopic (exact) mass is 394 g/mol. The van der Waals surface area contributed by atoms with Gasteiger partial charge < -0.3 is 0 Å². The fourth-order valence-corrected chi connectivity index (χ4v) is 4.77. The van der Waals surface area contributed by atoms with Crippen LogP contribution in [0.3, 0.4) is 0 Å². The van der Waals surface area contributed by atoms with Gasteiger partial charge in [-0.3, -0.25) is 0 Å². The molecule has 0 bridgehead atoms. The van der Waals surface area contributed by atoms with Crippen LogP contribution >= 0.6 is 11.6 Å². The molecule has 0 aromatic heterocycles. The molecule has 0 unspecified atom stereocenters. The molecule has 0 spiro atoms. The Balaban J connectivity index is 1.49. The smallest absolute Gasteiger partial charge is 0.138 e. The lowest BCUT2D eigenvalue weighted by molar-refractivity contribution is 0.259. The van der Waals surface area contributed by atoms with E-state index in [0.717, 1.165) is 29.2 Å². The summed E-state index contributed by atoms with van der Waals surface area (Å²) in [5, 5.41) is 2.35. The molecular formula is C26H28ClF. The van der Waals surface area contributed by atoms with Gasteiger partial charge in [-0.15, -0.1) is 0 Å². The predicted molar refractivity (Wildman–Crippen MR) is 118 cm³/mol. The van der Waals surface area contributed by atoms with Crippen LogP contribution in [0.4, 0.5) is 4.39 Å². The van der Waals surface area contributed by atoms with Gasteiger partial charge in [0, 0.05) is 16.0 Å². The summed E-state index contributed by atoms with van der Waals surface area (Å²) in [6.45, 7) is 2.32. The first-order valence-corrected chi connectivity index (χ1v) is 11.0. The van der Waals surface area contributed by atoms with Crippen LogP contribution in [0.15, 0.2) is 54.6 Å². The van der Waals surface area contributed by atoms with E-state index in [4.69, 9.17) is 11.6 Å². The first-order chi connectivity index (χ1) is 13.6. The van der Waals surface area contributed by atoms with E-state index in [-0.39, 0.29) is 5.82 Å². The molecule has 4 rings (SSSR count). The van der Waals surface area contributed by atoms with E-state index in [2.05, 4.69) is 19.1 Å². The lowest BCUT2D eigenvalue weighted by Crippen LogP contribution is -2.14. The highest BCUT2D eigenvalue weighted by atomic mass is 35.5.